The van der Waals surface area contributed by atoms with Crippen molar-refractivity contribution in [3.8, 4) is 0 Å². The maximum absolute atomic E-state index is 12.6. The first-order valence-corrected chi connectivity index (χ1v) is 9.40. The molecule has 0 aliphatic carbocycles. The van der Waals surface area contributed by atoms with Gasteiger partial charge in [0.15, 0.2) is 0 Å². The number of nitrogens with zero attached hydrogens (tertiary/aromatic N) is 4. The number of amides is 2. The van der Waals surface area contributed by atoms with Crippen LogP contribution in [0.25, 0.3) is 0 Å². The summed E-state index contributed by atoms with van der Waals surface area (Å²) in [4.78, 5) is 34.7. The first-order valence-electron chi connectivity index (χ1n) is 9.40. The van der Waals surface area contributed by atoms with Crippen molar-refractivity contribution in [1.29, 1.82) is 0 Å². The number of hydrogen-bond donors (Lipinski definition) is 1. The van der Waals surface area contributed by atoms with E-state index in [9.17, 15) is 14.7 Å². The molecule has 3 rings (SSSR count). The number of rotatable bonds is 6. The molecule has 26 heavy (non-hydrogen) atoms. The van der Waals surface area contributed by atoms with E-state index in [1.54, 1.807) is 4.90 Å². The smallest absolute Gasteiger partial charge is 0.242 e. The molecule has 142 valence electrons. The van der Waals surface area contributed by atoms with E-state index < -0.39 is 0 Å². The molecule has 1 aromatic heterocycles. The van der Waals surface area contributed by atoms with Crippen molar-refractivity contribution in [3.05, 3.63) is 29.6 Å². The second-order valence-corrected chi connectivity index (χ2v) is 7.17. The predicted molar refractivity (Wildman–Crippen MR) is 97.3 cm³/mol. The summed E-state index contributed by atoms with van der Waals surface area (Å²) in [6, 6.07) is 6.10. The quantitative estimate of drug-likeness (QED) is 0.795. The van der Waals surface area contributed by atoms with E-state index in [1.807, 2.05) is 30.0 Å². The Bertz CT molecular complexity index is 651. The zero-order chi connectivity index (χ0) is 18.5. The Morgan fingerprint density at radius 3 is 2.85 bits per heavy atom. The monoisotopic (exact) mass is 360 g/mol. The first-order chi connectivity index (χ1) is 12.6. The van der Waals surface area contributed by atoms with Gasteiger partial charge in [-0.15, -0.1) is 0 Å². The number of aryl methyl sites for hydroxylation is 1. The largest absolute Gasteiger partial charge is 0.396 e. The average molecular weight is 360 g/mol. The van der Waals surface area contributed by atoms with Gasteiger partial charge in [0.25, 0.3) is 0 Å². The molecule has 1 N–H and O–H groups in total. The maximum atomic E-state index is 12.6. The second kappa shape index (κ2) is 8.60. The molecule has 0 unspecified atom stereocenters. The summed E-state index contributed by atoms with van der Waals surface area (Å²) in [6.07, 6.45) is 2.02. The Morgan fingerprint density at radius 1 is 1.31 bits per heavy atom. The Balaban J connectivity index is 1.60. The fourth-order valence-corrected chi connectivity index (χ4v) is 3.78. The van der Waals surface area contributed by atoms with E-state index in [0.29, 0.717) is 32.5 Å². The highest BCUT2D eigenvalue weighted by molar-refractivity contribution is 5.86. The molecular weight excluding hydrogens is 332 g/mol. The number of aliphatic hydroxyl groups excluding tert-OH is 1. The molecule has 2 aliphatic rings. The number of aliphatic hydroxyl groups is 1. The van der Waals surface area contributed by atoms with Gasteiger partial charge in [-0.05, 0) is 31.9 Å². The Hall–Kier alpha value is -1.99. The third-order valence-corrected chi connectivity index (χ3v) is 5.23. The van der Waals surface area contributed by atoms with Gasteiger partial charge in [0.05, 0.1) is 12.2 Å². The summed E-state index contributed by atoms with van der Waals surface area (Å²) < 4.78 is 0. The SMILES string of the molecule is Cc1cccc(CN2CCN(C(=O)CN3CCCC3=O)C[C@@H]2CCO)n1. The second-order valence-electron chi connectivity index (χ2n) is 7.17. The van der Waals surface area contributed by atoms with Crippen molar-refractivity contribution in [1.82, 2.24) is 19.7 Å². The van der Waals surface area contributed by atoms with E-state index in [-0.39, 0.29) is 31.0 Å². The van der Waals surface area contributed by atoms with E-state index in [4.69, 9.17) is 0 Å². The van der Waals surface area contributed by atoms with E-state index in [2.05, 4.69) is 9.88 Å². The van der Waals surface area contributed by atoms with Crippen molar-refractivity contribution in [2.45, 2.75) is 38.8 Å². The van der Waals surface area contributed by atoms with Crippen molar-refractivity contribution >= 4 is 11.8 Å². The number of hydrogen-bond acceptors (Lipinski definition) is 5. The van der Waals surface area contributed by atoms with Gasteiger partial charge in [0.2, 0.25) is 11.8 Å². The highest BCUT2D eigenvalue weighted by atomic mass is 16.3. The molecule has 0 bridgehead atoms. The van der Waals surface area contributed by atoms with E-state index in [0.717, 1.165) is 30.9 Å². The van der Waals surface area contributed by atoms with Crippen LogP contribution in [0, 0.1) is 6.92 Å². The molecular formula is C19H28N4O3. The minimum Gasteiger partial charge on any atom is -0.396 e. The van der Waals surface area contributed by atoms with Gasteiger partial charge < -0.3 is 14.9 Å². The zero-order valence-corrected chi connectivity index (χ0v) is 15.4. The molecule has 3 heterocycles. The maximum Gasteiger partial charge on any atom is 0.242 e. The Kier molecular flexibility index (Phi) is 6.21. The van der Waals surface area contributed by atoms with Gasteiger partial charge in [-0.3, -0.25) is 19.5 Å². The summed E-state index contributed by atoms with van der Waals surface area (Å²) in [5.74, 6) is 0.0888. The molecule has 7 heteroatoms. The van der Waals surface area contributed by atoms with Gasteiger partial charge in [-0.1, -0.05) is 6.07 Å². The third-order valence-electron chi connectivity index (χ3n) is 5.23. The fraction of sp³-hybridized carbons (Fsp3) is 0.632. The normalized spacial score (nSPS) is 21.5. The highest BCUT2D eigenvalue weighted by Crippen LogP contribution is 2.17. The Labute approximate surface area is 154 Å². The van der Waals surface area contributed by atoms with Crippen molar-refractivity contribution in [3.63, 3.8) is 0 Å². The van der Waals surface area contributed by atoms with Crippen LogP contribution in [0.15, 0.2) is 18.2 Å². The van der Waals surface area contributed by atoms with Crippen molar-refractivity contribution < 1.29 is 14.7 Å². The molecule has 1 atom stereocenters. The third kappa shape index (κ3) is 4.59. The van der Waals surface area contributed by atoms with E-state index in [1.165, 1.54) is 0 Å². The topological polar surface area (TPSA) is 77.0 Å². The summed E-state index contributed by atoms with van der Waals surface area (Å²) in [6.45, 7) is 5.65. The predicted octanol–water partition coefficient (Wildman–Crippen LogP) is 0.408. The standard InChI is InChI=1S/C19H28N4O3/c1-15-4-2-5-16(20-15)12-21-9-10-23(13-17(21)7-11-24)19(26)14-22-8-3-6-18(22)25/h2,4-5,17,24H,3,6-14H2,1H3/t17-/m0/s1. The van der Waals surface area contributed by atoms with Gasteiger partial charge in [-0.2, -0.15) is 0 Å². The molecule has 7 nitrogen and oxygen atoms in total. The molecule has 2 fully saturated rings. The van der Waals surface area contributed by atoms with Crippen LogP contribution in [0.4, 0.5) is 0 Å². The summed E-state index contributed by atoms with van der Waals surface area (Å²) in [5.41, 5.74) is 2.00. The van der Waals surface area contributed by atoms with Crippen LogP contribution in [-0.4, -0.2) is 82.0 Å². The lowest BCUT2D eigenvalue weighted by atomic mass is 10.1. The Morgan fingerprint density at radius 2 is 2.15 bits per heavy atom. The van der Waals surface area contributed by atoms with Gasteiger partial charge >= 0.3 is 0 Å². The first kappa shape index (κ1) is 18.8. The van der Waals surface area contributed by atoms with Gasteiger partial charge in [0, 0.05) is 57.5 Å². The van der Waals surface area contributed by atoms with Crippen LogP contribution in [0.1, 0.15) is 30.7 Å². The molecule has 2 saturated heterocycles. The van der Waals surface area contributed by atoms with Crippen molar-refractivity contribution in [2.75, 3.05) is 39.3 Å². The van der Waals surface area contributed by atoms with E-state index >= 15 is 0 Å². The number of carbonyl (C=O) groups is 2. The highest BCUT2D eigenvalue weighted by Gasteiger charge is 2.31. The number of pyridine rings is 1. The molecule has 0 radical (unpaired) electrons. The molecule has 0 saturated carbocycles. The van der Waals surface area contributed by atoms with Crippen molar-refractivity contribution in [2.24, 2.45) is 0 Å². The van der Waals surface area contributed by atoms with Crippen LogP contribution < -0.4 is 0 Å². The molecule has 0 spiro atoms. The molecule has 0 aromatic carbocycles. The summed E-state index contributed by atoms with van der Waals surface area (Å²) in [7, 11) is 0. The molecule has 2 amide bonds. The molecule has 1 aromatic rings. The fourth-order valence-electron chi connectivity index (χ4n) is 3.78. The van der Waals surface area contributed by atoms with Crippen LogP contribution in [-0.2, 0) is 16.1 Å². The lowest BCUT2D eigenvalue weighted by molar-refractivity contribution is -0.140. The minimum atomic E-state index is 0.0107. The number of likely N-dealkylation sites (tertiary alicyclic amines) is 1. The van der Waals surface area contributed by atoms with Gasteiger partial charge in [-0.25, -0.2) is 0 Å². The van der Waals surface area contributed by atoms with Crippen LogP contribution in [0.3, 0.4) is 0 Å². The molecule has 2 aliphatic heterocycles. The number of carbonyl (C=O) groups excluding carboxylic acids is 2. The number of piperazine rings is 1. The van der Waals surface area contributed by atoms with Crippen LogP contribution >= 0.6 is 0 Å². The number of aromatic nitrogens is 1. The average Bonchev–Trinajstić information content (AvgIpc) is 3.01. The van der Waals surface area contributed by atoms with Crippen LogP contribution in [0.5, 0.6) is 0 Å². The summed E-state index contributed by atoms with van der Waals surface area (Å²) in [5, 5.41) is 9.44. The zero-order valence-electron chi connectivity index (χ0n) is 15.4. The van der Waals surface area contributed by atoms with Gasteiger partial charge in [0.1, 0.15) is 0 Å². The lowest BCUT2D eigenvalue weighted by Crippen LogP contribution is -2.56. The lowest BCUT2D eigenvalue weighted by Gasteiger charge is -2.41. The van der Waals surface area contributed by atoms with Crippen LogP contribution in [0.2, 0.25) is 0 Å². The summed E-state index contributed by atoms with van der Waals surface area (Å²) >= 11 is 0. The minimum absolute atomic E-state index is 0.0107.